The normalized spacial score (nSPS) is 16.8. The second-order valence-electron chi connectivity index (χ2n) is 8.50. The zero-order valence-corrected chi connectivity index (χ0v) is 19.6. The van der Waals surface area contributed by atoms with Gasteiger partial charge in [0.1, 0.15) is 5.75 Å². The maximum absolute atomic E-state index is 12.5. The Morgan fingerprint density at radius 3 is 2.82 bits per heavy atom. The number of piperazine rings is 1. The number of benzene rings is 2. The van der Waals surface area contributed by atoms with Gasteiger partial charge in [0.05, 0.1) is 17.3 Å². The van der Waals surface area contributed by atoms with E-state index >= 15 is 0 Å². The molecule has 1 aliphatic rings. The number of nitrogens with zero attached hydrogens (tertiary/aromatic N) is 4. The second-order valence-corrected chi connectivity index (χ2v) is 8.90. The van der Waals surface area contributed by atoms with Crippen molar-refractivity contribution in [1.29, 1.82) is 0 Å². The first kappa shape index (κ1) is 23.0. The van der Waals surface area contributed by atoms with E-state index in [1.165, 1.54) is 0 Å². The fourth-order valence-electron chi connectivity index (χ4n) is 4.08. The molecule has 1 unspecified atom stereocenters. The molecule has 1 aromatic heterocycles. The molecule has 172 valence electrons. The molecule has 1 saturated heterocycles. The van der Waals surface area contributed by atoms with E-state index in [1.54, 1.807) is 18.3 Å². The molecule has 4 rings (SSSR count). The number of amides is 1. The van der Waals surface area contributed by atoms with Gasteiger partial charge >= 0.3 is 0 Å². The van der Waals surface area contributed by atoms with Crippen molar-refractivity contribution in [2.24, 2.45) is 0 Å². The molecular weight excluding hydrogens is 438 g/mol. The van der Waals surface area contributed by atoms with Gasteiger partial charge in [0.25, 0.3) is 0 Å². The molecule has 0 saturated carbocycles. The number of hydrogen-bond acceptors (Lipinski definition) is 6. The third kappa shape index (κ3) is 5.80. The highest BCUT2D eigenvalue weighted by Crippen LogP contribution is 2.24. The third-order valence-electron chi connectivity index (χ3n) is 5.77. The van der Waals surface area contributed by atoms with E-state index in [9.17, 15) is 9.90 Å². The molecule has 1 amide bonds. The monoisotopic (exact) mass is 465 g/mol. The van der Waals surface area contributed by atoms with E-state index in [4.69, 9.17) is 11.6 Å². The first-order chi connectivity index (χ1) is 15.9. The number of anilines is 1. The molecule has 3 aromatic rings. The van der Waals surface area contributed by atoms with Gasteiger partial charge in [-0.2, -0.15) is 0 Å². The zero-order chi connectivity index (χ0) is 23.4. The van der Waals surface area contributed by atoms with Gasteiger partial charge in [-0.15, -0.1) is 0 Å². The van der Waals surface area contributed by atoms with Crippen molar-refractivity contribution >= 4 is 23.5 Å². The lowest BCUT2D eigenvalue weighted by Gasteiger charge is -2.38. The summed E-state index contributed by atoms with van der Waals surface area (Å²) in [6, 6.07) is 15.4. The minimum absolute atomic E-state index is 0.0816. The lowest BCUT2D eigenvalue weighted by molar-refractivity contribution is -0.139. The van der Waals surface area contributed by atoms with Gasteiger partial charge in [-0.25, -0.2) is 9.97 Å². The Bertz CT molecular complexity index is 1140. The number of hydrogen-bond donors (Lipinski definition) is 2. The van der Waals surface area contributed by atoms with Crippen LogP contribution in [0.4, 0.5) is 5.95 Å². The summed E-state index contributed by atoms with van der Waals surface area (Å²) in [6.07, 6.45) is 2.46. The average Bonchev–Trinajstić information content (AvgIpc) is 2.79. The Balaban J connectivity index is 1.41. The van der Waals surface area contributed by atoms with Crippen LogP contribution < -0.4 is 5.32 Å². The van der Waals surface area contributed by atoms with E-state index in [-0.39, 0.29) is 17.7 Å². The highest BCUT2D eigenvalue weighted by Gasteiger charge is 2.27. The minimum Gasteiger partial charge on any atom is -0.506 e. The Labute approximate surface area is 199 Å². The first-order valence-electron chi connectivity index (χ1n) is 11.0. The Morgan fingerprint density at radius 1 is 1.18 bits per heavy atom. The molecule has 0 bridgehead atoms. The van der Waals surface area contributed by atoms with Gasteiger partial charge in [0.15, 0.2) is 0 Å². The number of phenolic OH excluding ortho intramolecular Hbond substituents is 1. The summed E-state index contributed by atoms with van der Waals surface area (Å²) in [7, 11) is 1.98. The first-order valence-corrected chi connectivity index (χ1v) is 11.4. The van der Waals surface area contributed by atoms with Crippen LogP contribution in [0.25, 0.3) is 11.3 Å². The van der Waals surface area contributed by atoms with E-state index in [2.05, 4.69) is 33.2 Å². The van der Waals surface area contributed by atoms with Crippen LogP contribution in [-0.4, -0.2) is 63.5 Å². The predicted molar refractivity (Wildman–Crippen MR) is 130 cm³/mol. The largest absolute Gasteiger partial charge is 0.506 e. The van der Waals surface area contributed by atoms with E-state index in [0.29, 0.717) is 30.6 Å². The summed E-state index contributed by atoms with van der Waals surface area (Å²) in [5.74, 6) is 0.786. The van der Waals surface area contributed by atoms with Gasteiger partial charge in [0, 0.05) is 37.4 Å². The molecule has 1 fully saturated rings. The van der Waals surface area contributed by atoms with Crippen LogP contribution in [0.3, 0.4) is 0 Å². The number of nitrogens with one attached hydrogen (secondary N) is 1. The molecule has 0 aliphatic carbocycles. The molecule has 7 nitrogen and oxygen atoms in total. The van der Waals surface area contributed by atoms with Crippen LogP contribution >= 0.6 is 11.6 Å². The van der Waals surface area contributed by atoms with Crippen molar-refractivity contribution < 1.29 is 9.90 Å². The minimum atomic E-state index is 0.0816. The molecule has 0 radical (unpaired) electrons. The highest BCUT2D eigenvalue weighted by molar-refractivity contribution is 6.32. The van der Waals surface area contributed by atoms with Crippen LogP contribution in [0.2, 0.25) is 5.02 Å². The summed E-state index contributed by atoms with van der Waals surface area (Å²) < 4.78 is 0. The van der Waals surface area contributed by atoms with Crippen molar-refractivity contribution in [3.8, 4) is 17.0 Å². The van der Waals surface area contributed by atoms with E-state index < -0.39 is 0 Å². The molecule has 1 atom stereocenters. The average molecular weight is 466 g/mol. The van der Waals surface area contributed by atoms with Crippen molar-refractivity contribution in [1.82, 2.24) is 19.8 Å². The van der Waals surface area contributed by atoms with E-state index in [0.717, 1.165) is 35.3 Å². The zero-order valence-electron chi connectivity index (χ0n) is 18.8. The van der Waals surface area contributed by atoms with Crippen LogP contribution in [-0.2, 0) is 17.8 Å². The molecule has 0 spiro atoms. The van der Waals surface area contributed by atoms with Crippen LogP contribution in [0.1, 0.15) is 18.1 Å². The van der Waals surface area contributed by atoms with Gasteiger partial charge in [-0.1, -0.05) is 35.9 Å². The summed E-state index contributed by atoms with van der Waals surface area (Å²) in [5.41, 5.74) is 3.90. The van der Waals surface area contributed by atoms with Crippen molar-refractivity contribution in [2.75, 3.05) is 32.0 Å². The molecule has 2 aromatic carbocycles. The lowest BCUT2D eigenvalue weighted by Crippen LogP contribution is -2.53. The molecule has 1 aliphatic heterocycles. The molecule has 2 N–H and O–H groups in total. The number of carbonyl (C=O) groups is 1. The molecule has 2 heterocycles. The predicted octanol–water partition coefficient (Wildman–Crippen LogP) is 3.82. The number of aromatic nitrogens is 2. The van der Waals surface area contributed by atoms with Crippen LogP contribution in [0, 0.1) is 0 Å². The quantitative estimate of drug-likeness (QED) is 0.552. The van der Waals surface area contributed by atoms with Crippen LogP contribution in [0.15, 0.2) is 54.7 Å². The summed E-state index contributed by atoms with van der Waals surface area (Å²) in [5, 5.41) is 13.1. The number of rotatable bonds is 7. The Hall–Kier alpha value is -3.16. The summed E-state index contributed by atoms with van der Waals surface area (Å²) >= 11 is 5.98. The fraction of sp³-hybridized carbons (Fsp3) is 0.320. The number of aromatic hydroxyl groups is 1. The van der Waals surface area contributed by atoms with Crippen molar-refractivity contribution in [2.45, 2.75) is 25.9 Å². The van der Waals surface area contributed by atoms with Gasteiger partial charge in [0.2, 0.25) is 11.9 Å². The molecule has 33 heavy (non-hydrogen) atoms. The summed E-state index contributed by atoms with van der Waals surface area (Å²) in [6.45, 7) is 4.65. The molecular formula is C25H28ClN5O2. The maximum atomic E-state index is 12.5. The third-order valence-corrected chi connectivity index (χ3v) is 6.08. The Kier molecular flexibility index (Phi) is 7.11. The smallest absolute Gasteiger partial charge is 0.237 e. The number of phenols is 1. The topological polar surface area (TPSA) is 81.6 Å². The van der Waals surface area contributed by atoms with Crippen molar-refractivity contribution in [3.05, 3.63) is 70.9 Å². The SMILES string of the molecule is CC1CN(C)CC(=O)N1Cc1cccc(-c2ccnc(NCCc3ccc(O)c(Cl)c3)n2)c1. The van der Waals surface area contributed by atoms with Crippen molar-refractivity contribution in [3.63, 3.8) is 0 Å². The van der Waals surface area contributed by atoms with Gasteiger partial charge < -0.3 is 15.3 Å². The van der Waals surface area contributed by atoms with E-state index in [1.807, 2.05) is 42.3 Å². The van der Waals surface area contributed by atoms with Gasteiger partial charge in [-0.05, 0) is 55.8 Å². The number of halogens is 1. The second kappa shape index (κ2) is 10.2. The van der Waals surface area contributed by atoms with Gasteiger partial charge in [-0.3, -0.25) is 9.69 Å². The Morgan fingerprint density at radius 2 is 2.03 bits per heavy atom. The number of carbonyl (C=O) groups excluding carboxylic acids is 1. The number of likely N-dealkylation sites (N-methyl/N-ethyl adjacent to an activating group) is 1. The fourth-order valence-corrected chi connectivity index (χ4v) is 4.28. The lowest BCUT2D eigenvalue weighted by atomic mass is 10.1. The standard InChI is InChI=1S/C25H28ClN5O2/c1-17-14-30(2)16-24(33)31(17)15-19-4-3-5-20(12-19)22-9-11-28-25(29-22)27-10-8-18-6-7-23(32)21(26)13-18/h3-7,9,11-13,17,32H,8,10,14-16H2,1-2H3,(H,27,28,29). The molecule has 8 heteroatoms. The van der Waals surface area contributed by atoms with Crippen LogP contribution in [0.5, 0.6) is 5.75 Å². The highest BCUT2D eigenvalue weighted by atomic mass is 35.5. The maximum Gasteiger partial charge on any atom is 0.237 e. The summed E-state index contributed by atoms with van der Waals surface area (Å²) in [4.78, 5) is 25.5.